The van der Waals surface area contributed by atoms with Gasteiger partial charge in [-0.3, -0.25) is 9.69 Å². The Hall–Kier alpha value is -1.12. The Balaban J connectivity index is 2.31. The van der Waals surface area contributed by atoms with Gasteiger partial charge in [-0.15, -0.1) is 0 Å². The predicted molar refractivity (Wildman–Crippen MR) is 66.4 cm³/mol. The number of carbonyl (C=O) groups excluding carboxylic acids is 1. The Kier molecular flexibility index (Phi) is 6.60. The molecule has 1 fully saturated rings. The molecule has 1 atom stereocenters. The molecule has 1 rings (SSSR count). The highest BCUT2D eigenvalue weighted by atomic mass is 16.2. The molecule has 0 spiro atoms. The molecule has 0 aromatic carbocycles. The van der Waals surface area contributed by atoms with Crippen molar-refractivity contribution in [1.82, 2.24) is 15.5 Å². The third kappa shape index (κ3) is 5.16. The molecule has 1 unspecified atom stereocenters. The van der Waals surface area contributed by atoms with E-state index in [1.165, 1.54) is 12.8 Å². The lowest BCUT2D eigenvalue weighted by molar-refractivity contribution is -0.123. The minimum Gasteiger partial charge on any atom is -0.354 e. The smallest absolute Gasteiger partial charge is 0.234 e. The summed E-state index contributed by atoms with van der Waals surface area (Å²) < 4.78 is 0. The zero-order valence-electron chi connectivity index (χ0n) is 10.5. The predicted octanol–water partition coefficient (Wildman–Crippen LogP) is 0.0902. The quantitative estimate of drug-likeness (QED) is 0.644. The lowest BCUT2D eigenvalue weighted by Gasteiger charge is -2.35. The molecular formula is C12H22N4O. The van der Waals surface area contributed by atoms with Crippen LogP contribution in [0, 0.1) is 11.3 Å². The highest BCUT2D eigenvalue weighted by Crippen LogP contribution is 2.15. The van der Waals surface area contributed by atoms with Crippen LogP contribution in [0.25, 0.3) is 0 Å². The fourth-order valence-electron chi connectivity index (χ4n) is 2.23. The van der Waals surface area contributed by atoms with Crippen LogP contribution in [0.2, 0.25) is 0 Å². The first kappa shape index (κ1) is 13.9. The molecule has 1 aliphatic rings. The van der Waals surface area contributed by atoms with Crippen molar-refractivity contribution in [1.29, 1.82) is 5.26 Å². The first-order chi connectivity index (χ1) is 8.27. The maximum atomic E-state index is 11.7. The van der Waals surface area contributed by atoms with Crippen molar-refractivity contribution in [2.75, 3.05) is 33.2 Å². The van der Waals surface area contributed by atoms with E-state index in [-0.39, 0.29) is 5.91 Å². The van der Waals surface area contributed by atoms with Crippen molar-refractivity contribution in [2.45, 2.75) is 31.7 Å². The van der Waals surface area contributed by atoms with Crippen LogP contribution < -0.4 is 10.6 Å². The topological polar surface area (TPSA) is 68.2 Å². The summed E-state index contributed by atoms with van der Waals surface area (Å²) in [5, 5.41) is 14.3. The second kappa shape index (κ2) is 8.04. The van der Waals surface area contributed by atoms with E-state index in [1.807, 2.05) is 13.1 Å². The van der Waals surface area contributed by atoms with E-state index in [4.69, 9.17) is 5.26 Å². The number of rotatable bonds is 6. The molecule has 96 valence electrons. The molecule has 1 saturated heterocycles. The molecule has 5 heteroatoms. The zero-order valence-corrected chi connectivity index (χ0v) is 10.5. The van der Waals surface area contributed by atoms with Crippen molar-refractivity contribution in [3.8, 4) is 6.07 Å². The number of hydrogen-bond donors (Lipinski definition) is 2. The highest BCUT2D eigenvalue weighted by molar-refractivity contribution is 5.78. The van der Waals surface area contributed by atoms with Gasteiger partial charge in [0.25, 0.3) is 0 Å². The zero-order chi connectivity index (χ0) is 12.5. The minimum atomic E-state index is 0.0308. The Morgan fingerprint density at radius 2 is 2.35 bits per heavy atom. The Bertz CT molecular complexity index is 272. The number of nitriles is 1. The largest absolute Gasteiger partial charge is 0.354 e. The monoisotopic (exact) mass is 238 g/mol. The summed E-state index contributed by atoms with van der Waals surface area (Å²) in [6.45, 7) is 2.85. The normalized spacial score (nSPS) is 20.8. The van der Waals surface area contributed by atoms with Gasteiger partial charge < -0.3 is 10.6 Å². The van der Waals surface area contributed by atoms with E-state index in [2.05, 4.69) is 15.5 Å². The summed E-state index contributed by atoms with van der Waals surface area (Å²) in [5.74, 6) is 0.0308. The van der Waals surface area contributed by atoms with Crippen LogP contribution in [-0.2, 0) is 4.79 Å². The van der Waals surface area contributed by atoms with E-state index >= 15 is 0 Å². The minimum absolute atomic E-state index is 0.0308. The molecule has 17 heavy (non-hydrogen) atoms. The molecule has 2 N–H and O–H groups in total. The van der Waals surface area contributed by atoms with Gasteiger partial charge in [0, 0.05) is 19.1 Å². The van der Waals surface area contributed by atoms with Crippen molar-refractivity contribution < 1.29 is 4.79 Å². The number of likely N-dealkylation sites (N-methyl/N-ethyl adjacent to an activating group) is 1. The maximum absolute atomic E-state index is 11.7. The molecule has 1 amide bonds. The van der Waals surface area contributed by atoms with Crippen LogP contribution in [0.3, 0.4) is 0 Å². The molecule has 0 saturated carbocycles. The molecular weight excluding hydrogens is 216 g/mol. The first-order valence-electron chi connectivity index (χ1n) is 6.30. The number of likely N-dealkylation sites (tertiary alicyclic amines) is 1. The fraction of sp³-hybridized carbons (Fsp3) is 0.833. The van der Waals surface area contributed by atoms with E-state index in [9.17, 15) is 4.79 Å². The molecule has 0 aromatic rings. The van der Waals surface area contributed by atoms with Crippen molar-refractivity contribution in [3.05, 3.63) is 0 Å². The van der Waals surface area contributed by atoms with Gasteiger partial charge in [-0.05, 0) is 26.4 Å². The number of carbonyl (C=O) groups is 1. The Morgan fingerprint density at radius 3 is 3.06 bits per heavy atom. The molecule has 1 heterocycles. The summed E-state index contributed by atoms with van der Waals surface area (Å²) >= 11 is 0. The first-order valence-corrected chi connectivity index (χ1v) is 6.30. The average molecular weight is 238 g/mol. The van der Waals surface area contributed by atoms with E-state index < -0.39 is 0 Å². The lowest BCUT2D eigenvalue weighted by atomic mass is 10.0. The number of piperidine rings is 1. The second-order valence-corrected chi connectivity index (χ2v) is 4.44. The van der Waals surface area contributed by atoms with Gasteiger partial charge in [0.15, 0.2) is 0 Å². The van der Waals surface area contributed by atoms with Crippen LogP contribution >= 0.6 is 0 Å². The molecule has 0 radical (unpaired) electrons. The highest BCUT2D eigenvalue weighted by Gasteiger charge is 2.23. The lowest BCUT2D eigenvalue weighted by Crippen LogP contribution is -2.49. The Morgan fingerprint density at radius 1 is 1.53 bits per heavy atom. The van der Waals surface area contributed by atoms with Crippen LogP contribution in [0.1, 0.15) is 25.7 Å². The summed E-state index contributed by atoms with van der Waals surface area (Å²) in [6, 6.07) is 2.49. The summed E-state index contributed by atoms with van der Waals surface area (Å²) in [5.41, 5.74) is 0. The number of amides is 1. The average Bonchev–Trinajstić information content (AvgIpc) is 2.32. The van der Waals surface area contributed by atoms with E-state index in [1.54, 1.807) is 0 Å². The third-order valence-electron chi connectivity index (χ3n) is 3.09. The van der Waals surface area contributed by atoms with Crippen LogP contribution in [-0.4, -0.2) is 50.1 Å². The van der Waals surface area contributed by atoms with Gasteiger partial charge >= 0.3 is 0 Å². The molecule has 0 aliphatic carbocycles. The number of nitrogens with one attached hydrogen (secondary N) is 2. The summed E-state index contributed by atoms with van der Waals surface area (Å²) in [4.78, 5) is 13.9. The summed E-state index contributed by atoms with van der Waals surface area (Å²) in [7, 11) is 1.94. The standard InChI is InChI=1S/C12H22N4O/c1-14-9-11-5-2-3-8-16(11)10-12(17)15-7-4-6-13/h11,14H,2-5,7-10H2,1H3,(H,15,17). The maximum Gasteiger partial charge on any atom is 0.234 e. The van der Waals surface area contributed by atoms with Gasteiger partial charge in [-0.25, -0.2) is 0 Å². The van der Waals surface area contributed by atoms with E-state index in [0.717, 1.165) is 19.5 Å². The second-order valence-electron chi connectivity index (χ2n) is 4.44. The third-order valence-corrected chi connectivity index (χ3v) is 3.09. The number of nitrogens with zero attached hydrogens (tertiary/aromatic N) is 2. The van der Waals surface area contributed by atoms with Crippen molar-refractivity contribution in [2.24, 2.45) is 0 Å². The van der Waals surface area contributed by atoms with Gasteiger partial charge in [-0.1, -0.05) is 6.42 Å². The van der Waals surface area contributed by atoms with Crippen LogP contribution in [0.5, 0.6) is 0 Å². The Labute approximate surface area is 103 Å². The van der Waals surface area contributed by atoms with E-state index in [0.29, 0.717) is 25.6 Å². The molecule has 0 aromatic heterocycles. The summed E-state index contributed by atoms with van der Waals surface area (Å²) in [6.07, 6.45) is 3.96. The van der Waals surface area contributed by atoms with Crippen LogP contribution in [0.4, 0.5) is 0 Å². The molecule has 5 nitrogen and oxygen atoms in total. The van der Waals surface area contributed by atoms with Crippen LogP contribution in [0.15, 0.2) is 0 Å². The SMILES string of the molecule is CNCC1CCCCN1CC(=O)NCCC#N. The van der Waals surface area contributed by atoms with Crippen molar-refractivity contribution in [3.63, 3.8) is 0 Å². The van der Waals surface area contributed by atoms with Gasteiger partial charge in [0.1, 0.15) is 0 Å². The molecule has 1 aliphatic heterocycles. The van der Waals surface area contributed by atoms with Gasteiger partial charge in [0.2, 0.25) is 5.91 Å². The number of hydrogen-bond acceptors (Lipinski definition) is 4. The molecule has 0 bridgehead atoms. The van der Waals surface area contributed by atoms with Gasteiger partial charge in [-0.2, -0.15) is 5.26 Å². The fourth-order valence-corrected chi connectivity index (χ4v) is 2.23. The van der Waals surface area contributed by atoms with Gasteiger partial charge in [0.05, 0.1) is 19.0 Å². The van der Waals surface area contributed by atoms with Crippen molar-refractivity contribution >= 4 is 5.91 Å².